The van der Waals surface area contributed by atoms with Crippen LogP contribution in [0.4, 0.5) is 4.79 Å². The number of rotatable bonds is 3. The maximum Gasteiger partial charge on any atom is 0.332 e. The molecule has 0 atom stereocenters. The van der Waals surface area contributed by atoms with Crippen LogP contribution in [0.3, 0.4) is 0 Å². The quantitative estimate of drug-likeness (QED) is 0.657. The van der Waals surface area contributed by atoms with E-state index in [1.165, 1.54) is 6.21 Å². The molecular weight excluding hydrogens is 252 g/mol. The van der Waals surface area contributed by atoms with Crippen molar-refractivity contribution in [3.63, 3.8) is 0 Å². The number of hydrazone groups is 1. The molecule has 0 fully saturated rings. The van der Waals surface area contributed by atoms with Gasteiger partial charge in [-0.2, -0.15) is 10.4 Å². The molecule has 0 unspecified atom stereocenters. The Bertz CT molecular complexity index is 701. The molecule has 5 heteroatoms. The molecule has 0 aromatic heterocycles. The molecule has 0 radical (unpaired) electrons. The smallest absolute Gasteiger partial charge is 0.332 e. The average molecular weight is 264 g/mol. The first-order chi connectivity index (χ1) is 9.70. The topological polar surface area (TPSA) is 91.3 Å². The summed E-state index contributed by atoms with van der Waals surface area (Å²) in [6.07, 6.45) is 1.51. The van der Waals surface area contributed by atoms with E-state index in [-0.39, 0.29) is 0 Å². The molecule has 0 spiro atoms. The number of benzene rings is 2. The van der Waals surface area contributed by atoms with Crippen LogP contribution >= 0.6 is 0 Å². The highest BCUT2D eigenvalue weighted by molar-refractivity contribution is 5.91. The Hall–Kier alpha value is -3.13. The Morgan fingerprint density at radius 1 is 1.25 bits per heavy atom. The summed E-state index contributed by atoms with van der Waals surface area (Å²) in [6.45, 7) is 0. The van der Waals surface area contributed by atoms with E-state index in [9.17, 15) is 4.79 Å². The van der Waals surface area contributed by atoms with Gasteiger partial charge in [0.15, 0.2) is 0 Å². The number of hydrogen-bond donors (Lipinski definition) is 2. The number of nitriles is 1. The molecule has 98 valence electrons. The van der Waals surface area contributed by atoms with E-state index in [4.69, 9.17) is 11.0 Å². The number of nitrogens with zero attached hydrogens (tertiary/aromatic N) is 2. The largest absolute Gasteiger partial charge is 0.350 e. The fraction of sp³-hybridized carbons (Fsp3) is 0. The predicted octanol–water partition coefficient (Wildman–Crippen LogP) is 2.23. The first kappa shape index (κ1) is 13.3. The molecule has 2 amide bonds. The number of amides is 2. The first-order valence-corrected chi connectivity index (χ1v) is 5.89. The maximum atomic E-state index is 10.6. The SMILES string of the molecule is N#Cc1cccc(-c2ccccc2C=NNC(N)=O)c1. The monoisotopic (exact) mass is 264 g/mol. The molecule has 0 aliphatic heterocycles. The number of carbonyl (C=O) groups excluding carboxylic acids is 1. The summed E-state index contributed by atoms with van der Waals surface area (Å²) in [6, 6.07) is 16.2. The van der Waals surface area contributed by atoms with Crippen LogP contribution in [-0.2, 0) is 0 Å². The van der Waals surface area contributed by atoms with Crippen LogP contribution in [0.1, 0.15) is 11.1 Å². The molecular formula is C15H12N4O. The Morgan fingerprint density at radius 2 is 2.05 bits per heavy atom. The van der Waals surface area contributed by atoms with Crippen molar-refractivity contribution in [1.29, 1.82) is 5.26 Å². The molecule has 3 N–H and O–H groups in total. The van der Waals surface area contributed by atoms with Crippen molar-refractivity contribution in [2.24, 2.45) is 10.8 Å². The molecule has 0 bridgehead atoms. The highest BCUT2D eigenvalue weighted by Gasteiger charge is 2.03. The van der Waals surface area contributed by atoms with Gasteiger partial charge in [0.25, 0.3) is 0 Å². The molecule has 2 rings (SSSR count). The van der Waals surface area contributed by atoms with Gasteiger partial charge >= 0.3 is 6.03 Å². The summed E-state index contributed by atoms with van der Waals surface area (Å²) in [5, 5.41) is 12.7. The van der Waals surface area contributed by atoms with Gasteiger partial charge in [-0.05, 0) is 23.3 Å². The second-order valence-electron chi connectivity index (χ2n) is 4.01. The van der Waals surface area contributed by atoms with Crippen molar-refractivity contribution in [2.75, 3.05) is 0 Å². The van der Waals surface area contributed by atoms with Crippen LogP contribution in [0, 0.1) is 11.3 Å². The normalized spacial score (nSPS) is 10.2. The van der Waals surface area contributed by atoms with Gasteiger partial charge in [0.1, 0.15) is 0 Å². The summed E-state index contributed by atoms with van der Waals surface area (Å²) < 4.78 is 0. The van der Waals surface area contributed by atoms with Gasteiger partial charge in [-0.25, -0.2) is 10.2 Å². The Labute approximate surface area is 116 Å². The van der Waals surface area contributed by atoms with Gasteiger partial charge in [0.2, 0.25) is 0 Å². The van der Waals surface area contributed by atoms with E-state index >= 15 is 0 Å². The molecule has 2 aromatic rings. The van der Waals surface area contributed by atoms with Gasteiger partial charge in [0.05, 0.1) is 17.8 Å². The van der Waals surface area contributed by atoms with Crippen molar-refractivity contribution in [2.45, 2.75) is 0 Å². The van der Waals surface area contributed by atoms with E-state index < -0.39 is 6.03 Å². The van der Waals surface area contributed by atoms with Gasteiger partial charge in [-0.3, -0.25) is 0 Å². The molecule has 5 nitrogen and oxygen atoms in total. The highest BCUT2D eigenvalue weighted by Crippen LogP contribution is 2.23. The van der Waals surface area contributed by atoms with Crippen LogP contribution in [-0.4, -0.2) is 12.2 Å². The van der Waals surface area contributed by atoms with Crippen LogP contribution in [0.5, 0.6) is 0 Å². The average Bonchev–Trinajstić information content (AvgIpc) is 2.47. The number of nitrogens with one attached hydrogen (secondary N) is 1. The molecule has 0 saturated carbocycles. The second kappa shape index (κ2) is 6.16. The molecule has 0 aliphatic rings. The fourth-order valence-corrected chi connectivity index (χ4v) is 1.79. The van der Waals surface area contributed by atoms with E-state index in [1.54, 1.807) is 12.1 Å². The second-order valence-corrected chi connectivity index (χ2v) is 4.01. The summed E-state index contributed by atoms with van der Waals surface area (Å²) in [4.78, 5) is 10.6. The minimum atomic E-state index is -0.717. The third-order valence-corrected chi connectivity index (χ3v) is 2.64. The Morgan fingerprint density at radius 3 is 2.80 bits per heavy atom. The van der Waals surface area contributed by atoms with Crippen molar-refractivity contribution in [3.8, 4) is 17.2 Å². The Balaban J connectivity index is 2.39. The molecule has 0 aliphatic carbocycles. The van der Waals surface area contributed by atoms with Crippen molar-refractivity contribution in [3.05, 3.63) is 59.7 Å². The van der Waals surface area contributed by atoms with Gasteiger partial charge in [-0.1, -0.05) is 36.4 Å². The maximum absolute atomic E-state index is 10.6. The minimum Gasteiger partial charge on any atom is -0.350 e. The summed E-state index contributed by atoms with van der Waals surface area (Å²) >= 11 is 0. The van der Waals surface area contributed by atoms with Crippen molar-refractivity contribution < 1.29 is 4.79 Å². The number of primary amides is 1. The van der Waals surface area contributed by atoms with E-state index in [0.29, 0.717) is 5.56 Å². The standard InChI is InChI=1S/C15H12N4O/c16-9-11-4-3-6-12(8-11)14-7-2-1-5-13(14)10-18-19-15(17)20/h1-8,10H,(H3,17,19,20). The number of carbonyl (C=O) groups is 1. The zero-order valence-electron chi connectivity index (χ0n) is 10.6. The lowest BCUT2D eigenvalue weighted by atomic mass is 9.99. The number of hydrogen-bond acceptors (Lipinski definition) is 3. The van der Waals surface area contributed by atoms with Crippen LogP contribution < -0.4 is 11.2 Å². The lowest BCUT2D eigenvalue weighted by Crippen LogP contribution is -2.24. The zero-order valence-corrected chi connectivity index (χ0v) is 10.6. The number of urea groups is 1. The first-order valence-electron chi connectivity index (χ1n) is 5.89. The summed E-state index contributed by atoms with van der Waals surface area (Å²) in [5.41, 5.74) is 10.3. The molecule has 0 saturated heterocycles. The van der Waals surface area contributed by atoms with Gasteiger partial charge < -0.3 is 5.73 Å². The third kappa shape index (κ3) is 3.21. The lowest BCUT2D eigenvalue weighted by Gasteiger charge is -2.06. The van der Waals surface area contributed by atoms with Gasteiger partial charge in [-0.15, -0.1) is 0 Å². The van der Waals surface area contributed by atoms with E-state index in [1.807, 2.05) is 36.4 Å². The van der Waals surface area contributed by atoms with Crippen LogP contribution in [0.25, 0.3) is 11.1 Å². The summed E-state index contributed by atoms with van der Waals surface area (Å²) in [5.74, 6) is 0. The van der Waals surface area contributed by atoms with Crippen LogP contribution in [0.15, 0.2) is 53.6 Å². The van der Waals surface area contributed by atoms with Crippen LogP contribution in [0.2, 0.25) is 0 Å². The third-order valence-electron chi connectivity index (χ3n) is 2.64. The van der Waals surface area contributed by atoms with Gasteiger partial charge in [0, 0.05) is 5.56 Å². The van der Waals surface area contributed by atoms with E-state index in [0.717, 1.165) is 16.7 Å². The molecule has 2 aromatic carbocycles. The zero-order chi connectivity index (χ0) is 14.4. The fourth-order valence-electron chi connectivity index (χ4n) is 1.79. The molecule has 20 heavy (non-hydrogen) atoms. The minimum absolute atomic E-state index is 0.588. The van der Waals surface area contributed by atoms with Crippen molar-refractivity contribution in [1.82, 2.24) is 5.43 Å². The molecule has 0 heterocycles. The van der Waals surface area contributed by atoms with E-state index in [2.05, 4.69) is 16.6 Å². The lowest BCUT2D eigenvalue weighted by molar-refractivity contribution is 0.249. The Kier molecular flexibility index (Phi) is 4.10. The number of nitrogens with two attached hydrogens (primary N) is 1. The van der Waals surface area contributed by atoms with Crippen molar-refractivity contribution >= 4 is 12.2 Å². The predicted molar refractivity (Wildman–Crippen MR) is 76.9 cm³/mol. The summed E-state index contributed by atoms with van der Waals surface area (Å²) in [7, 11) is 0. The highest BCUT2D eigenvalue weighted by atomic mass is 16.2.